The van der Waals surface area contributed by atoms with E-state index in [4.69, 9.17) is 4.74 Å². The Morgan fingerprint density at radius 1 is 0.935 bits per heavy atom. The van der Waals surface area contributed by atoms with Gasteiger partial charge in [0.15, 0.2) is 11.5 Å². The van der Waals surface area contributed by atoms with Crippen LogP contribution in [0, 0.1) is 0 Å². The summed E-state index contributed by atoms with van der Waals surface area (Å²) >= 11 is 0. The molecule has 4 rings (SSSR count). The minimum Gasteiger partial charge on any atom is -0.503 e. The molecule has 0 saturated heterocycles. The molecule has 3 aromatic carbocycles. The Kier molecular flexibility index (Phi) is 5.67. The highest BCUT2D eigenvalue weighted by molar-refractivity contribution is 6.19. The minimum atomic E-state index is -0.741. The molecule has 1 amide bonds. The van der Waals surface area contributed by atoms with Gasteiger partial charge in [0, 0.05) is 5.69 Å². The monoisotopic (exact) mass is 411 g/mol. The van der Waals surface area contributed by atoms with Gasteiger partial charge in [-0.15, -0.1) is 0 Å². The number of aliphatic hydroxyl groups is 1. The third kappa shape index (κ3) is 3.98. The highest BCUT2D eigenvalue weighted by Gasteiger charge is 2.43. The molecule has 0 aliphatic carbocycles. The van der Waals surface area contributed by atoms with Crippen LogP contribution in [-0.4, -0.2) is 23.9 Å². The zero-order valence-electron chi connectivity index (χ0n) is 16.9. The number of amides is 1. The second-order valence-corrected chi connectivity index (χ2v) is 7.06. The van der Waals surface area contributed by atoms with E-state index in [9.17, 15) is 14.7 Å². The number of anilines is 1. The second kappa shape index (κ2) is 8.71. The molecule has 0 radical (unpaired) electrons. The molecule has 0 spiro atoms. The zero-order chi connectivity index (χ0) is 21.8. The van der Waals surface area contributed by atoms with E-state index in [-0.39, 0.29) is 5.57 Å². The van der Waals surface area contributed by atoms with Crippen molar-refractivity contribution in [2.45, 2.75) is 6.04 Å². The van der Waals surface area contributed by atoms with Crippen LogP contribution < -0.4 is 9.64 Å². The average Bonchev–Trinajstić information content (AvgIpc) is 3.09. The van der Waals surface area contributed by atoms with E-state index >= 15 is 0 Å². The SMILES string of the molecule is COc1ccc(N2C(=O)C(O)=C(C(=O)/C=C/c3ccccc3)[C@@H]2c2ccccc2)cc1. The lowest BCUT2D eigenvalue weighted by molar-refractivity contribution is -0.117. The highest BCUT2D eigenvalue weighted by atomic mass is 16.5. The Balaban J connectivity index is 1.76. The maximum atomic E-state index is 13.1. The van der Waals surface area contributed by atoms with Gasteiger partial charge >= 0.3 is 0 Å². The quantitative estimate of drug-likeness (QED) is 0.587. The van der Waals surface area contributed by atoms with Crippen LogP contribution in [0.3, 0.4) is 0 Å². The largest absolute Gasteiger partial charge is 0.503 e. The molecule has 5 heteroatoms. The molecule has 3 aromatic rings. The van der Waals surface area contributed by atoms with Crippen LogP contribution in [0.4, 0.5) is 5.69 Å². The Morgan fingerprint density at radius 2 is 1.55 bits per heavy atom. The fraction of sp³-hybridized carbons (Fsp3) is 0.0769. The van der Waals surface area contributed by atoms with Crippen LogP contribution in [0.15, 0.2) is 102 Å². The van der Waals surface area contributed by atoms with Crippen molar-refractivity contribution in [2.24, 2.45) is 0 Å². The van der Waals surface area contributed by atoms with Crippen LogP contribution in [0.1, 0.15) is 17.2 Å². The van der Waals surface area contributed by atoms with Crippen LogP contribution in [0.2, 0.25) is 0 Å². The number of hydrogen-bond acceptors (Lipinski definition) is 4. The molecule has 5 nitrogen and oxygen atoms in total. The molecule has 0 unspecified atom stereocenters. The summed E-state index contributed by atoms with van der Waals surface area (Å²) in [7, 11) is 1.56. The molecule has 1 N–H and O–H groups in total. The van der Waals surface area contributed by atoms with E-state index in [0.29, 0.717) is 11.4 Å². The predicted molar refractivity (Wildman–Crippen MR) is 120 cm³/mol. The van der Waals surface area contributed by atoms with Crippen molar-refractivity contribution in [1.82, 2.24) is 0 Å². The summed E-state index contributed by atoms with van der Waals surface area (Å²) in [6, 6.07) is 24.8. The first-order chi connectivity index (χ1) is 15.1. The molecular formula is C26H21NO4. The number of ether oxygens (including phenoxy) is 1. The second-order valence-electron chi connectivity index (χ2n) is 7.06. The van der Waals surface area contributed by atoms with Crippen molar-refractivity contribution in [3.63, 3.8) is 0 Å². The smallest absolute Gasteiger partial charge is 0.294 e. The average molecular weight is 411 g/mol. The molecule has 0 fully saturated rings. The topological polar surface area (TPSA) is 66.8 Å². The first-order valence-corrected chi connectivity index (χ1v) is 9.83. The van der Waals surface area contributed by atoms with Crippen molar-refractivity contribution in [1.29, 1.82) is 0 Å². The van der Waals surface area contributed by atoms with Gasteiger partial charge in [0.25, 0.3) is 5.91 Å². The van der Waals surface area contributed by atoms with Crippen molar-refractivity contribution in [3.05, 3.63) is 113 Å². The number of carbonyl (C=O) groups excluding carboxylic acids is 2. The molecule has 31 heavy (non-hydrogen) atoms. The summed E-state index contributed by atoms with van der Waals surface area (Å²) in [6.07, 6.45) is 3.06. The summed E-state index contributed by atoms with van der Waals surface area (Å²) in [5.74, 6) is -0.923. The molecule has 0 saturated carbocycles. The number of allylic oxidation sites excluding steroid dienone is 1. The van der Waals surface area contributed by atoms with Crippen molar-refractivity contribution >= 4 is 23.5 Å². The van der Waals surface area contributed by atoms with E-state index in [1.54, 1.807) is 37.5 Å². The highest BCUT2D eigenvalue weighted by Crippen LogP contribution is 2.41. The number of rotatable bonds is 6. The lowest BCUT2D eigenvalue weighted by Crippen LogP contribution is -2.30. The first kappa shape index (κ1) is 20.2. The van der Waals surface area contributed by atoms with Crippen LogP contribution in [0.5, 0.6) is 5.75 Å². The molecule has 1 heterocycles. The maximum absolute atomic E-state index is 13.1. The number of ketones is 1. The van der Waals surface area contributed by atoms with E-state index in [2.05, 4.69) is 0 Å². The number of carbonyl (C=O) groups is 2. The molecule has 0 aromatic heterocycles. The van der Waals surface area contributed by atoms with Crippen molar-refractivity contribution in [3.8, 4) is 5.75 Å². The van der Waals surface area contributed by atoms with E-state index in [1.807, 2.05) is 60.7 Å². The minimum absolute atomic E-state index is 0.0548. The van der Waals surface area contributed by atoms with E-state index in [1.165, 1.54) is 11.0 Å². The predicted octanol–water partition coefficient (Wildman–Crippen LogP) is 4.88. The molecule has 1 atom stereocenters. The lowest BCUT2D eigenvalue weighted by atomic mass is 9.95. The number of benzene rings is 3. The fourth-order valence-electron chi connectivity index (χ4n) is 3.64. The molecule has 1 aliphatic rings. The summed E-state index contributed by atoms with van der Waals surface area (Å²) in [5.41, 5.74) is 2.19. The van der Waals surface area contributed by atoms with Crippen molar-refractivity contribution in [2.75, 3.05) is 12.0 Å². The van der Waals surface area contributed by atoms with Gasteiger partial charge in [-0.3, -0.25) is 14.5 Å². The van der Waals surface area contributed by atoms with Gasteiger partial charge in [-0.2, -0.15) is 0 Å². The van der Waals surface area contributed by atoms with Gasteiger partial charge in [0.2, 0.25) is 0 Å². The Labute approximate surface area is 180 Å². The van der Waals surface area contributed by atoms with Gasteiger partial charge in [-0.05, 0) is 41.5 Å². The Hall–Kier alpha value is -4.12. The maximum Gasteiger partial charge on any atom is 0.294 e. The Bertz CT molecular complexity index is 1150. The fourth-order valence-corrected chi connectivity index (χ4v) is 3.64. The Morgan fingerprint density at radius 3 is 2.16 bits per heavy atom. The van der Waals surface area contributed by atoms with Gasteiger partial charge < -0.3 is 9.84 Å². The number of methoxy groups -OCH3 is 1. The van der Waals surface area contributed by atoms with Crippen LogP contribution in [-0.2, 0) is 9.59 Å². The summed E-state index contributed by atoms with van der Waals surface area (Å²) in [4.78, 5) is 27.6. The van der Waals surface area contributed by atoms with Gasteiger partial charge in [-0.1, -0.05) is 66.7 Å². The lowest BCUT2D eigenvalue weighted by Gasteiger charge is -2.26. The van der Waals surface area contributed by atoms with Crippen molar-refractivity contribution < 1.29 is 19.4 Å². The summed E-state index contributed by atoms with van der Waals surface area (Å²) < 4.78 is 5.20. The normalized spacial score (nSPS) is 16.2. The third-order valence-corrected chi connectivity index (χ3v) is 5.17. The van der Waals surface area contributed by atoms with Gasteiger partial charge in [0.1, 0.15) is 5.75 Å². The van der Waals surface area contributed by atoms with E-state index in [0.717, 1.165) is 11.1 Å². The number of nitrogens with zero attached hydrogens (tertiary/aromatic N) is 1. The third-order valence-electron chi connectivity index (χ3n) is 5.17. The van der Waals surface area contributed by atoms with Crippen LogP contribution >= 0.6 is 0 Å². The molecule has 1 aliphatic heterocycles. The first-order valence-electron chi connectivity index (χ1n) is 9.83. The molecule has 154 valence electrons. The zero-order valence-corrected chi connectivity index (χ0v) is 16.9. The standard InChI is InChI=1S/C26H21NO4/c1-31-21-15-13-20(14-16-21)27-24(19-10-6-3-7-11-19)23(25(29)26(27)30)22(28)17-12-18-8-4-2-5-9-18/h2-17,24,29H,1H3/b17-12+/t24-/m0/s1. The summed E-state index contributed by atoms with van der Waals surface area (Å²) in [5, 5.41) is 10.7. The van der Waals surface area contributed by atoms with Crippen LogP contribution in [0.25, 0.3) is 6.08 Å². The number of hydrogen-bond donors (Lipinski definition) is 1. The molecular weight excluding hydrogens is 390 g/mol. The van der Waals surface area contributed by atoms with Gasteiger partial charge in [0.05, 0.1) is 18.7 Å². The molecule has 0 bridgehead atoms. The van der Waals surface area contributed by atoms with Gasteiger partial charge in [-0.25, -0.2) is 0 Å². The number of aliphatic hydroxyl groups excluding tert-OH is 1. The van der Waals surface area contributed by atoms with E-state index < -0.39 is 23.5 Å². The summed E-state index contributed by atoms with van der Waals surface area (Å²) in [6.45, 7) is 0.